The minimum atomic E-state index is -0.545. The van der Waals surface area contributed by atoms with E-state index in [0.717, 1.165) is 17.8 Å². The maximum Gasteiger partial charge on any atom is 0.239 e. The lowest BCUT2D eigenvalue weighted by Crippen LogP contribution is -2.49. The maximum atomic E-state index is 12.4. The van der Waals surface area contributed by atoms with Crippen LogP contribution < -0.4 is 16.0 Å². The molecule has 5 fully saturated rings. The number of carbonyl (C=O) groups is 2. The van der Waals surface area contributed by atoms with Crippen molar-refractivity contribution < 1.29 is 14.7 Å². The Kier molecular flexibility index (Phi) is 4.29. The van der Waals surface area contributed by atoms with Crippen molar-refractivity contribution in [1.82, 2.24) is 16.0 Å². The summed E-state index contributed by atoms with van der Waals surface area (Å²) in [6.45, 7) is 1.09. The highest BCUT2D eigenvalue weighted by Gasteiger charge is 2.51. The lowest BCUT2D eigenvalue weighted by molar-refractivity contribution is -0.132. The van der Waals surface area contributed by atoms with Gasteiger partial charge in [0.05, 0.1) is 18.7 Å². The smallest absolute Gasteiger partial charge is 0.239 e. The Morgan fingerprint density at radius 1 is 1.00 bits per heavy atom. The Labute approximate surface area is 143 Å². The third-order valence-corrected chi connectivity index (χ3v) is 6.68. The summed E-state index contributed by atoms with van der Waals surface area (Å²) < 4.78 is 0. The van der Waals surface area contributed by atoms with E-state index in [-0.39, 0.29) is 29.8 Å². The van der Waals surface area contributed by atoms with Crippen molar-refractivity contribution in [3.05, 3.63) is 0 Å². The first-order chi connectivity index (χ1) is 11.5. The standard InChI is InChI=1S/C18H29N3O3/c22-15-9-19-8-14(15)21-17(24)10-20-16(23)7-18-4-11-1-12(5-18)3-13(2-11)6-18/h11-15,19,22H,1-10H2,(H,20,23)(H,21,24)/t11?,12?,13?,14-,15+,18?/m0/s1. The van der Waals surface area contributed by atoms with Crippen LogP contribution in [0.4, 0.5) is 0 Å². The quantitative estimate of drug-likeness (QED) is 0.576. The van der Waals surface area contributed by atoms with Crippen molar-refractivity contribution in [3.8, 4) is 0 Å². The molecule has 0 aromatic heterocycles. The molecule has 5 rings (SSSR count). The Bertz CT molecular complexity index is 486. The molecule has 6 nitrogen and oxygen atoms in total. The van der Waals surface area contributed by atoms with Gasteiger partial charge >= 0.3 is 0 Å². The molecule has 4 saturated carbocycles. The normalized spacial score (nSPS) is 43.0. The van der Waals surface area contributed by atoms with Crippen LogP contribution in [0.2, 0.25) is 0 Å². The van der Waals surface area contributed by atoms with Crippen molar-refractivity contribution in [3.63, 3.8) is 0 Å². The average molecular weight is 335 g/mol. The van der Waals surface area contributed by atoms with Gasteiger partial charge in [0.15, 0.2) is 0 Å². The van der Waals surface area contributed by atoms with Crippen molar-refractivity contribution in [1.29, 1.82) is 0 Å². The molecular weight excluding hydrogens is 306 g/mol. The van der Waals surface area contributed by atoms with Gasteiger partial charge in [-0.15, -0.1) is 0 Å². The summed E-state index contributed by atoms with van der Waals surface area (Å²) >= 11 is 0. The van der Waals surface area contributed by atoms with Gasteiger partial charge in [-0.2, -0.15) is 0 Å². The predicted molar refractivity (Wildman–Crippen MR) is 89.0 cm³/mol. The van der Waals surface area contributed by atoms with Gasteiger partial charge in [0.2, 0.25) is 11.8 Å². The molecule has 0 aromatic carbocycles. The van der Waals surface area contributed by atoms with Crippen molar-refractivity contribution in [2.75, 3.05) is 19.6 Å². The monoisotopic (exact) mass is 335 g/mol. The van der Waals surface area contributed by atoms with Crippen LogP contribution in [0.3, 0.4) is 0 Å². The highest BCUT2D eigenvalue weighted by atomic mass is 16.3. The molecule has 1 aliphatic heterocycles. The number of hydrogen-bond donors (Lipinski definition) is 4. The largest absolute Gasteiger partial charge is 0.390 e. The zero-order chi connectivity index (χ0) is 16.7. The van der Waals surface area contributed by atoms with Gasteiger partial charge < -0.3 is 21.1 Å². The molecule has 0 radical (unpaired) electrons. The van der Waals surface area contributed by atoms with E-state index in [9.17, 15) is 14.7 Å². The van der Waals surface area contributed by atoms with Crippen LogP contribution in [0.1, 0.15) is 44.9 Å². The number of carbonyl (C=O) groups excluding carboxylic acids is 2. The summed E-state index contributed by atoms with van der Waals surface area (Å²) in [7, 11) is 0. The fourth-order valence-electron chi connectivity index (χ4n) is 6.16. The van der Waals surface area contributed by atoms with Crippen LogP contribution >= 0.6 is 0 Å². The van der Waals surface area contributed by atoms with E-state index in [0.29, 0.717) is 19.5 Å². The van der Waals surface area contributed by atoms with Crippen LogP contribution in [0, 0.1) is 23.2 Å². The van der Waals surface area contributed by atoms with Crippen molar-refractivity contribution >= 4 is 11.8 Å². The van der Waals surface area contributed by atoms with Crippen LogP contribution in [-0.2, 0) is 9.59 Å². The van der Waals surface area contributed by atoms with Gasteiger partial charge in [-0.25, -0.2) is 0 Å². The first kappa shape index (κ1) is 16.3. The second-order valence-corrected chi connectivity index (χ2v) is 8.77. The Hall–Kier alpha value is -1.14. The van der Waals surface area contributed by atoms with Crippen molar-refractivity contribution in [2.24, 2.45) is 23.2 Å². The number of aliphatic hydroxyl groups excluding tert-OH is 1. The van der Waals surface area contributed by atoms with Crippen LogP contribution in [-0.4, -0.2) is 48.7 Å². The molecule has 134 valence electrons. The molecule has 0 unspecified atom stereocenters. The van der Waals surface area contributed by atoms with Crippen LogP contribution in [0.25, 0.3) is 0 Å². The van der Waals surface area contributed by atoms with Gasteiger partial charge in [-0.3, -0.25) is 9.59 Å². The molecule has 0 spiro atoms. The zero-order valence-corrected chi connectivity index (χ0v) is 14.2. The molecule has 1 saturated heterocycles. The van der Waals surface area contributed by atoms with E-state index in [1.165, 1.54) is 38.5 Å². The molecular formula is C18H29N3O3. The maximum absolute atomic E-state index is 12.4. The van der Waals surface area contributed by atoms with E-state index in [1.54, 1.807) is 0 Å². The summed E-state index contributed by atoms with van der Waals surface area (Å²) in [5, 5.41) is 18.3. The predicted octanol–water partition coefficient (Wildman–Crippen LogP) is 0.158. The molecule has 24 heavy (non-hydrogen) atoms. The third kappa shape index (κ3) is 3.31. The summed E-state index contributed by atoms with van der Waals surface area (Å²) in [5.74, 6) is 2.30. The fourth-order valence-corrected chi connectivity index (χ4v) is 6.16. The lowest BCUT2D eigenvalue weighted by Gasteiger charge is -2.56. The number of amides is 2. The Morgan fingerprint density at radius 2 is 1.62 bits per heavy atom. The minimum Gasteiger partial charge on any atom is -0.390 e. The van der Waals surface area contributed by atoms with Gasteiger partial charge in [-0.1, -0.05) is 0 Å². The van der Waals surface area contributed by atoms with E-state index in [1.807, 2.05) is 0 Å². The molecule has 4 bridgehead atoms. The van der Waals surface area contributed by atoms with E-state index >= 15 is 0 Å². The lowest BCUT2D eigenvalue weighted by atomic mass is 9.49. The van der Waals surface area contributed by atoms with Gasteiger partial charge in [0.1, 0.15) is 0 Å². The minimum absolute atomic E-state index is 0.00835. The fraction of sp³-hybridized carbons (Fsp3) is 0.889. The molecule has 1 heterocycles. The van der Waals surface area contributed by atoms with Crippen molar-refractivity contribution in [2.45, 2.75) is 57.1 Å². The van der Waals surface area contributed by atoms with E-state index < -0.39 is 6.10 Å². The highest BCUT2D eigenvalue weighted by molar-refractivity contribution is 5.85. The zero-order valence-electron chi connectivity index (χ0n) is 14.2. The first-order valence-corrected chi connectivity index (χ1v) is 9.46. The molecule has 6 heteroatoms. The summed E-state index contributed by atoms with van der Waals surface area (Å²) in [6, 6.07) is -0.252. The Morgan fingerprint density at radius 3 is 2.17 bits per heavy atom. The number of β-amino-alcohol motifs (C(OH)–C–C–N with tert-alkyl or cyclic N) is 1. The van der Waals surface area contributed by atoms with Gasteiger partial charge in [-0.05, 0) is 61.7 Å². The van der Waals surface area contributed by atoms with Gasteiger partial charge in [0.25, 0.3) is 0 Å². The molecule has 4 N–H and O–H groups in total. The van der Waals surface area contributed by atoms with Crippen LogP contribution in [0.5, 0.6) is 0 Å². The Balaban J connectivity index is 1.24. The summed E-state index contributed by atoms with van der Waals surface area (Å²) in [4.78, 5) is 24.3. The second kappa shape index (κ2) is 6.30. The van der Waals surface area contributed by atoms with Gasteiger partial charge in [0, 0.05) is 19.5 Å². The molecule has 4 aliphatic carbocycles. The summed E-state index contributed by atoms with van der Waals surface area (Å²) in [6.07, 6.45) is 7.78. The SMILES string of the molecule is O=C(CC12CC3CC(CC(C3)C1)C2)NCC(=O)N[C@H]1CNC[C@H]1O. The molecule has 5 aliphatic rings. The number of rotatable bonds is 5. The topological polar surface area (TPSA) is 90.5 Å². The van der Waals surface area contributed by atoms with E-state index in [2.05, 4.69) is 16.0 Å². The number of aliphatic hydroxyl groups is 1. The number of hydrogen-bond acceptors (Lipinski definition) is 4. The third-order valence-electron chi connectivity index (χ3n) is 6.68. The number of nitrogens with one attached hydrogen (secondary N) is 3. The molecule has 0 aromatic rings. The van der Waals surface area contributed by atoms with E-state index in [4.69, 9.17) is 0 Å². The first-order valence-electron chi connectivity index (χ1n) is 9.46. The second-order valence-electron chi connectivity index (χ2n) is 8.77. The molecule has 2 atom stereocenters. The summed E-state index contributed by atoms with van der Waals surface area (Å²) in [5.41, 5.74) is 0.209. The average Bonchev–Trinajstić information content (AvgIpc) is 2.88. The van der Waals surface area contributed by atoms with Crippen LogP contribution in [0.15, 0.2) is 0 Å². The molecule has 2 amide bonds. The highest BCUT2D eigenvalue weighted by Crippen LogP contribution is 2.61.